The van der Waals surface area contributed by atoms with Gasteiger partial charge in [-0.25, -0.2) is 15.0 Å². The Kier molecular flexibility index (Phi) is 3.63. The molecule has 21 heavy (non-hydrogen) atoms. The summed E-state index contributed by atoms with van der Waals surface area (Å²) in [6.07, 6.45) is 4.72. The molecule has 0 saturated heterocycles. The average molecular weight is 301 g/mol. The van der Waals surface area contributed by atoms with Crippen LogP contribution in [0.1, 0.15) is 29.0 Å². The monoisotopic (exact) mass is 301 g/mol. The van der Waals surface area contributed by atoms with Crippen LogP contribution in [0.4, 0.5) is 5.82 Å². The molecule has 3 aromatic heterocycles. The van der Waals surface area contributed by atoms with Gasteiger partial charge in [-0.2, -0.15) is 0 Å². The molecule has 0 aliphatic rings. The fraction of sp³-hybridized carbons (Fsp3) is 0.400. The van der Waals surface area contributed by atoms with E-state index in [4.69, 9.17) is 4.98 Å². The Morgan fingerprint density at radius 2 is 2.10 bits per heavy atom. The van der Waals surface area contributed by atoms with Crippen LogP contribution in [0, 0.1) is 13.8 Å². The number of nitrogens with zero attached hydrogens (tertiary/aromatic N) is 4. The largest absolute Gasteiger partial charge is 0.372 e. The van der Waals surface area contributed by atoms with E-state index in [1.165, 1.54) is 10.4 Å². The molecule has 3 aromatic rings. The predicted octanol–water partition coefficient (Wildman–Crippen LogP) is 3.16. The van der Waals surface area contributed by atoms with Gasteiger partial charge >= 0.3 is 0 Å². The number of thiophene rings is 1. The second-order valence-corrected chi connectivity index (χ2v) is 6.23. The SMILES string of the molecule is CCc1nccn1Cc1nc(NC)c2c(C)c(C)sc2n1. The van der Waals surface area contributed by atoms with Gasteiger partial charge in [-0.05, 0) is 19.4 Å². The molecule has 0 spiro atoms. The molecule has 0 atom stereocenters. The molecule has 3 heterocycles. The fourth-order valence-electron chi connectivity index (χ4n) is 2.50. The molecule has 1 N–H and O–H groups in total. The lowest BCUT2D eigenvalue weighted by atomic mass is 10.2. The summed E-state index contributed by atoms with van der Waals surface area (Å²) in [7, 11) is 1.91. The summed E-state index contributed by atoms with van der Waals surface area (Å²) in [6, 6.07) is 0. The zero-order valence-electron chi connectivity index (χ0n) is 12.8. The van der Waals surface area contributed by atoms with Gasteiger partial charge in [0.1, 0.15) is 16.5 Å². The molecule has 0 aromatic carbocycles. The molecule has 0 bridgehead atoms. The van der Waals surface area contributed by atoms with Crippen molar-refractivity contribution in [1.29, 1.82) is 0 Å². The summed E-state index contributed by atoms with van der Waals surface area (Å²) >= 11 is 1.73. The number of rotatable bonds is 4. The average Bonchev–Trinajstić information content (AvgIpc) is 3.03. The molecule has 0 saturated carbocycles. The van der Waals surface area contributed by atoms with Crippen LogP contribution in [0.2, 0.25) is 0 Å². The number of hydrogen-bond donors (Lipinski definition) is 1. The maximum atomic E-state index is 4.73. The molecule has 0 fully saturated rings. The van der Waals surface area contributed by atoms with Crippen molar-refractivity contribution in [3.05, 3.63) is 34.5 Å². The van der Waals surface area contributed by atoms with Gasteiger partial charge in [0.25, 0.3) is 0 Å². The van der Waals surface area contributed by atoms with E-state index < -0.39 is 0 Å². The zero-order chi connectivity index (χ0) is 15.0. The number of hydrogen-bond acceptors (Lipinski definition) is 5. The molecule has 0 unspecified atom stereocenters. The van der Waals surface area contributed by atoms with Crippen LogP contribution in [0.5, 0.6) is 0 Å². The third-order valence-electron chi connectivity index (χ3n) is 3.74. The number of anilines is 1. The summed E-state index contributed by atoms with van der Waals surface area (Å²) in [5, 5.41) is 4.35. The van der Waals surface area contributed by atoms with Crippen molar-refractivity contribution in [2.24, 2.45) is 0 Å². The minimum absolute atomic E-state index is 0.657. The first-order valence-electron chi connectivity index (χ1n) is 7.08. The van der Waals surface area contributed by atoms with Crippen LogP contribution in [0.25, 0.3) is 10.2 Å². The van der Waals surface area contributed by atoms with Crippen LogP contribution in [-0.4, -0.2) is 26.6 Å². The standard InChI is InChI=1S/C15H19N5S/c1-5-12-17-6-7-20(12)8-11-18-14(16-4)13-9(2)10(3)21-15(13)19-11/h6-7H,5,8H2,1-4H3,(H,16,18,19). The maximum Gasteiger partial charge on any atom is 0.152 e. The maximum absolute atomic E-state index is 4.73. The highest BCUT2D eigenvalue weighted by Gasteiger charge is 2.14. The summed E-state index contributed by atoms with van der Waals surface area (Å²) in [5.41, 5.74) is 1.27. The van der Waals surface area contributed by atoms with Gasteiger partial charge in [0.2, 0.25) is 0 Å². The highest BCUT2D eigenvalue weighted by molar-refractivity contribution is 7.18. The normalized spacial score (nSPS) is 11.2. The first-order chi connectivity index (χ1) is 10.1. The van der Waals surface area contributed by atoms with Gasteiger partial charge < -0.3 is 9.88 Å². The van der Waals surface area contributed by atoms with Crippen molar-refractivity contribution in [2.75, 3.05) is 12.4 Å². The van der Waals surface area contributed by atoms with Gasteiger partial charge in [-0.1, -0.05) is 6.92 Å². The molecule has 3 rings (SSSR count). The zero-order valence-corrected chi connectivity index (χ0v) is 13.6. The minimum atomic E-state index is 0.657. The van der Waals surface area contributed by atoms with E-state index in [1.807, 2.05) is 19.4 Å². The van der Waals surface area contributed by atoms with Crippen molar-refractivity contribution in [2.45, 2.75) is 33.7 Å². The number of fused-ring (bicyclic) bond motifs is 1. The number of imidazole rings is 1. The summed E-state index contributed by atoms with van der Waals surface area (Å²) in [6.45, 7) is 7.02. The Morgan fingerprint density at radius 3 is 2.81 bits per heavy atom. The first kappa shape index (κ1) is 14.0. The van der Waals surface area contributed by atoms with Crippen LogP contribution in [0.3, 0.4) is 0 Å². The van der Waals surface area contributed by atoms with E-state index in [9.17, 15) is 0 Å². The summed E-state index contributed by atoms with van der Waals surface area (Å²) in [4.78, 5) is 16.1. The number of aryl methyl sites for hydroxylation is 3. The second kappa shape index (κ2) is 5.44. The Bertz CT molecular complexity index is 787. The molecule has 0 aliphatic heterocycles. The van der Waals surface area contributed by atoms with Crippen molar-refractivity contribution < 1.29 is 0 Å². The third kappa shape index (κ3) is 2.40. The van der Waals surface area contributed by atoms with Gasteiger partial charge in [0.15, 0.2) is 5.82 Å². The topological polar surface area (TPSA) is 55.6 Å². The van der Waals surface area contributed by atoms with Gasteiger partial charge in [0.05, 0.1) is 11.9 Å². The number of nitrogens with one attached hydrogen (secondary N) is 1. The predicted molar refractivity (Wildman–Crippen MR) is 87.1 cm³/mol. The molecule has 110 valence electrons. The Balaban J connectivity index is 2.08. The Morgan fingerprint density at radius 1 is 1.29 bits per heavy atom. The van der Waals surface area contributed by atoms with E-state index in [0.717, 1.165) is 34.1 Å². The fourth-order valence-corrected chi connectivity index (χ4v) is 3.54. The highest BCUT2D eigenvalue weighted by atomic mass is 32.1. The molecular formula is C15H19N5S. The first-order valence-corrected chi connectivity index (χ1v) is 7.90. The van der Waals surface area contributed by atoms with Crippen molar-refractivity contribution in [3.8, 4) is 0 Å². The van der Waals surface area contributed by atoms with Gasteiger partial charge in [-0.15, -0.1) is 11.3 Å². The lowest BCUT2D eigenvalue weighted by molar-refractivity contribution is 0.701. The molecule has 5 nitrogen and oxygen atoms in total. The van der Waals surface area contributed by atoms with Crippen LogP contribution in [-0.2, 0) is 13.0 Å². The third-order valence-corrected chi connectivity index (χ3v) is 4.84. The molecular weight excluding hydrogens is 282 g/mol. The number of aromatic nitrogens is 4. The van der Waals surface area contributed by atoms with Crippen LogP contribution in [0.15, 0.2) is 12.4 Å². The van der Waals surface area contributed by atoms with Crippen molar-refractivity contribution >= 4 is 27.4 Å². The van der Waals surface area contributed by atoms with E-state index >= 15 is 0 Å². The molecule has 6 heteroatoms. The smallest absolute Gasteiger partial charge is 0.152 e. The molecule has 0 aliphatic carbocycles. The Hall–Kier alpha value is -1.95. The van der Waals surface area contributed by atoms with Crippen LogP contribution < -0.4 is 5.32 Å². The summed E-state index contributed by atoms with van der Waals surface area (Å²) < 4.78 is 2.11. The highest BCUT2D eigenvalue weighted by Crippen LogP contribution is 2.33. The Labute approximate surface area is 128 Å². The van der Waals surface area contributed by atoms with E-state index in [0.29, 0.717) is 6.54 Å². The van der Waals surface area contributed by atoms with Gasteiger partial charge in [-0.3, -0.25) is 0 Å². The van der Waals surface area contributed by atoms with Gasteiger partial charge in [0, 0.05) is 30.7 Å². The van der Waals surface area contributed by atoms with E-state index in [2.05, 4.69) is 40.6 Å². The molecule has 0 amide bonds. The lowest BCUT2D eigenvalue weighted by Crippen LogP contribution is -2.08. The summed E-state index contributed by atoms with van der Waals surface area (Å²) in [5.74, 6) is 2.79. The molecule has 0 radical (unpaired) electrons. The van der Waals surface area contributed by atoms with Crippen molar-refractivity contribution in [1.82, 2.24) is 19.5 Å². The van der Waals surface area contributed by atoms with Crippen LogP contribution >= 0.6 is 11.3 Å². The second-order valence-electron chi connectivity index (χ2n) is 5.03. The van der Waals surface area contributed by atoms with E-state index in [1.54, 1.807) is 11.3 Å². The van der Waals surface area contributed by atoms with Crippen molar-refractivity contribution in [3.63, 3.8) is 0 Å². The lowest BCUT2D eigenvalue weighted by Gasteiger charge is -2.08. The quantitative estimate of drug-likeness (QED) is 0.804. The van der Waals surface area contributed by atoms with E-state index in [-0.39, 0.29) is 0 Å². The minimum Gasteiger partial charge on any atom is -0.372 e.